The molecule has 124 valence electrons. The molecule has 0 atom stereocenters. The van der Waals surface area contributed by atoms with E-state index < -0.39 is 0 Å². The molecule has 25 heavy (non-hydrogen) atoms. The lowest BCUT2D eigenvalue weighted by Gasteiger charge is -2.09. The predicted molar refractivity (Wildman–Crippen MR) is 103 cm³/mol. The van der Waals surface area contributed by atoms with E-state index in [1.807, 2.05) is 43.3 Å². The minimum Gasteiger partial charge on any atom is -0.359 e. The van der Waals surface area contributed by atoms with Crippen LogP contribution in [0.3, 0.4) is 0 Å². The minimum absolute atomic E-state index is 0.483. The third-order valence-electron chi connectivity index (χ3n) is 3.80. The second-order valence-corrected chi connectivity index (χ2v) is 6.16. The summed E-state index contributed by atoms with van der Waals surface area (Å²) in [6.07, 6.45) is 1.70. The monoisotopic (exact) mass is 349 g/mol. The summed E-state index contributed by atoms with van der Waals surface area (Å²) in [4.78, 5) is 12.1. The zero-order chi connectivity index (χ0) is 17.2. The van der Waals surface area contributed by atoms with E-state index in [9.17, 15) is 0 Å². The molecular formula is C19H16ClN5. The third kappa shape index (κ3) is 3.41. The van der Waals surface area contributed by atoms with Crippen LogP contribution in [0, 0.1) is 6.92 Å². The van der Waals surface area contributed by atoms with Gasteiger partial charge >= 0.3 is 0 Å². The Kier molecular flexibility index (Phi) is 3.99. The number of nitrogens with zero attached hydrogens (tertiary/aromatic N) is 2. The summed E-state index contributed by atoms with van der Waals surface area (Å²) >= 11 is 6.16. The van der Waals surface area contributed by atoms with Crippen molar-refractivity contribution < 1.29 is 0 Å². The van der Waals surface area contributed by atoms with Gasteiger partial charge in [-0.25, -0.2) is 4.98 Å². The van der Waals surface area contributed by atoms with E-state index in [-0.39, 0.29) is 0 Å². The van der Waals surface area contributed by atoms with Gasteiger partial charge in [0.25, 0.3) is 0 Å². The fourth-order valence-electron chi connectivity index (χ4n) is 2.67. The van der Waals surface area contributed by atoms with Crippen LogP contribution in [0.15, 0.2) is 60.8 Å². The van der Waals surface area contributed by atoms with Gasteiger partial charge in [-0.3, -0.25) is 0 Å². The molecule has 6 heteroatoms. The molecule has 4 rings (SSSR count). The molecule has 0 unspecified atom stereocenters. The number of rotatable bonds is 4. The average Bonchev–Trinajstić information content (AvgIpc) is 2.97. The molecule has 0 amide bonds. The Hall–Kier alpha value is -3.05. The summed E-state index contributed by atoms with van der Waals surface area (Å²) in [5, 5.41) is 8.22. The maximum atomic E-state index is 6.16. The van der Waals surface area contributed by atoms with E-state index in [1.165, 1.54) is 0 Å². The van der Waals surface area contributed by atoms with Gasteiger partial charge in [-0.15, -0.1) is 0 Å². The molecule has 5 nitrogen and oxygen atoms in total. The van der Waals surface area contributed by atoms with Crippen molar-refractivity contribution in [3.05, 3.63) is 71.5 Å². The van der Waals surface area contributed by atoms with Crippen LogP contribution >= 0.6 is 11.6 Å². The highest BCUT2D eigenvalue weighted by molar-refractivity contribution is 6.33. The van der Waals surface area contributed by atoms with Gasteiger partial charge < -0.3 is 15.6 Å². The van der Waals surface area contributed by atoms with E-state index in [0.717, 1.165) is 28.0 Å². The van der Waals surface area contributed by atoms with Gasteiger partial charge in [-0.1, -0.05) is 23.7 Å². The second kappa shape index (κ2) is 6.45. The lowest BCUT2D eigenvalue weighted by molar-refractivity contribution is 1.17. The molecule has 0 aliphatic heterocycles. The predicted octanol–water partition coefficient (Wildman–Crippen LogP) is 5.41. The Labute approximate surface area is 150 Å². The van der Waals surface area contributed by atoms with Crippen LogP contribution in [-0.2, 0) is 0 Å². The zero-order valence-electron chi connectivity index (χ0n) is 13.5. The van der Waals surface area contributed by atoms with Crippen LogP contribution in [0.2, 0.25) is 5.02 Å². The highest BCUT2D eigenvalue weighted by Gasteiger charge is 2.05. The molecule has 2 aromatic heterocycles. The second-order valence-electron chi connectivity index (χ2n) is 5.75. The highest BCUT2D eigenvalue weighted by atomic mass is 35.5. The number of anilines is 4. The number of H-pyrrole nitrogens is 1. The molecule has 0 radical (unpaired) electrons. The van der Waals surface area contributed by atoms with Crippen LogP contribution < -0.4 is 10.6 Å². The lowest BCUT2D eigenvalue weighted by atomic mass is 10.2. The van der Waals surface area contributed by atoms with Crippen molar-refractivity contribution >= 4 is 45.6 Å². The Bertz CT molecular complexity index is 1040. The van der Waals surface area contributed by atoms with Crippen molar-refractivity contribution in [2.75, 3.05) is 10.6 Å². The highest BCUT2D eigenvalue weighted by Crippen LogP contribution is 2.25. The summed E-state index contributed by atoms with van der Waals surface area (Å²) in [6.45, 7) is 2.05. The fraction of sp³-hybridized carbons (Fsp3) is 0.0526. The molecular weight excluding hydrogens is 334 g/mol. The number of hydrogen-bond donors (Lipinski definition) is 3. The SMILES string of the molecule is Cc1cc2cc(Nc3ccnc(Nc4ccccc4Cl)n3)ccc2[nH]1. The molecule has 0 saturated heterocycles. The average molecular weight is 350 g/mol. The number of hydrogen-bond acceptors (Lipinski definition) is 4. The normalized spacial score (nSPS) is 10.8. The van der Waals surface area contributed by atoms with Crippen LogP contribution in [0.1, 0.15) is 5.69 Å². The van der Waals surface area contributed by atoms with Gasteiger partial charge in [0.1, 0.15) is 5.82 Å². The molecule has 2 aromatic carbocycles. The van der Waals surface area contributed by atoms with Crippen LogP contribution in [0.25, 0.3) is 10.9 Å². The van der Waals surface area contributed by atoms with Crippen molar-refractivity contribution in [1.29, 1.82) is 0 Å². The topological polar surface area (TPSA) is 65.6 Å². The van der Waals surface area contributed by atoms with Crippen LogP contribution in [0.5, 0.6) is 0 Å². The summed E-state index contributed by atoms with van der Waals surface area (Å²) in [5.41, 5.74) is 3.99. The van der Waals surface area contributed by atoms with E-state index in [4.69, 9.17) is 11.6 Å². The zero-order valence-corrected chi connectivity index (χ0v) is 14.3. The Morgan fingerprint density at radius 2 is 1.88 bits per heavy atom. The third-order valence-corrected chi connectivity index (χ3v) is 4.13. The number of aromatic nitrogens is 3. The maximum absolute atomic E-state index is 6.16. The van der Waals surface area contributed by atoms with Crippen molar-refractivity contribution in [2.45, 2.75) is 6.92 Å². The van der Waals surface area contributed by atoms with E-state index in [0.29, 0.717) is 16.8 Å². The molecule has 4 aromatic rings. The number of halogens is 1. The molecule has 0 saturated carbocycles. The molecule has 0 bridgehead atoms. The summed E-state index contributed by atoms with van der Waals surface area (Å²) < 4.78 is 0. The number of aromatic amines is 1. The summed E-state index contributed by atoms with van der Waals surface area (Å²) in [5.74, 6) is 1.19. The molecule has 2 heterocycles. The first kappa shape index (κ1) is 15.5. The molecule has 3 N–H and O–H groups in total. The minimum atomic E-state index is 0.483. The number of benzene rings is 2. The standard InChI is InChI=1S/C19H16ClN5/c1-12-10-13-11-14(6-7-16(13)22-12)23-18-8-9-21-19(25-18)24-17-5-3-2-4-15(17)20/h2-11,22H,1H3,(H2,21,23,24,25). The number of aryl methyl sites for hydroxylation is 1. The van der Waals surface area contributed by atoms with Gasteiger partial charge in [0.05, 0.1) is 10.7 Å². The largest absolute Gasteiger partial charge is 0.359 e. The first-order chi connectivity index (χ1) is 12.2. The fourth-order valence-corrected chi connectivity index (χ4v) is 2.86. The smallest absolute Gasteiger partial charge is 0.229 e. The van der Waals surface area contributed by atoms with Gasteiger partial charge in [-0.2, -0.15) is 4.98 Å². The van der Waals surface area contributed by atoms with Gasteiger partial charge in [0, 0.05) is 28.5 Å². The first-order valence-corrected chi connectivity index (χ1v) is 8.26. The molecule has 0 fully saturated rings. The van der Waals surface area contributed by atoms with Crippen molar-refractivity contribution in [3.8, 4) is 0 Å². The Morgan fingerprint density at radius 1 is 1.00 bits per heavy atom. The molecule has 0 aliphatic rings. The van der Waals surface area contributed by atoms with E-state index in [2.05, 4.69) is 43.8 Å². The maximum Gasteiger partial charge on any atom is 0.229 e. The van der Waals surface area contributed by atoms with Gasteiger partial charge in [0.2, 0.25) is 5.95 Å². The summed E-state index contributed by atoms with van der Waals surface area (Å²) in [7, 11) is 0. The number of fused-ring (bicyclic) bond motifs is 1. The van der Waals surface area contributed by atoms with Gasteiger partial charge in [0.15, 0.2) is 0 Å². The summed E-state index contributed by atoms with van der Waals surface area (Å²) in [6, 6.07) is 17.6. The van der Waals surface area contributed by atoms with Crippen molar-refractivity contribution in [3.63, 3.8) is 0 Å². The lowest BCUT2D eigenvalue weighted by Crippen LogP contribution is -2.00. The quantitative estimate of drug-likeness (QED) is 0.461. The van der Waals surface area contributed by atoms with E-state index in [1.54, 1.807) is 6.20 Å². The molecule has 0 spiro atoms. The van der Waals surface area contributed by atoms with E-state index >= 15 is 0 Å². The van der Waals surface area contributed by atoms with Crippen LogP contribution in [-0.4, -0.2) is 15.0 Å². The first-order valence-electron chi connectivity index (χ1n) is 7.88. The van der Waals surface area contributed by atoms with Gasteiger partial charge in [-0.05, 0) is 49.4 Å². The number of para-hydroxylation sites is 1. The van der Waals surface area contributed by atoms with Crippen molar-refractivity contribution in [1.82, 2.24) is 15.0 Å². The number of nitrogens with one attached hydrogen (secondary N) is 3. The molecule has 0 aliphatic carbocycles. The van der Waals surface area contributed by atoms with Crippen LogP contribution in [0.4, 0.5) is 23.1 Å². The van der Waals surface area contributed by atoms with Crippen molar-refractivity contribution in [2.24, 2.45) is 0 Å². The Balaban J connectivity index is 1.57. The Morgan fingerprint density at radius 3 is 2.76 bits per heavy atom.